The molecular formula is C15H25N3O2. The molecule has 0 spiro atoms. The molecule has 112 valence electrons. The smallest absolute Gasteiger partial charge is 0.237 e. The molecule has 5 nitrogen and oxygen atoms in total. The number of carbonyl (C=O) groups excluding carboxylic acids is 1. The predicted octanol–water partition coefficient (Wildman–Crippen LogP) is 0.883. The summed E-state index contributed by atoms with van der Waals surface area (Å²) in [5.41, 5.74) is 0. The second-order valence-electron chi connectivity index (χ2n) is 5.57. The van der Waals surface area contributed by atoms with Crippen molar-refractivity contribution in [2.24, 2.45) is 0 Å². The Bertz CT molecular complexity index is 436. The van der Waals surface area contributed by atoms with E-state index in [0.717, 1.165) is 44.1 Å². The van der Waals surface area contributed by atoms with Gasteiger partial charge in [0.25, 0.3) is 0 Å². The fourth-order valence-corrected chi connectivity index (χ4v) is 2.45. The molecule has 0 unspecified atom stereocenters. The second kappa shape index (κ2) is 6.90. The Kier molecular flexibility index (Phi) is 5.20. The van der Waals surface area contributed by atoms with E-state index in [9.17, 15) is 4.79 Å². The maximum absolute atomic E-state index is 12.1. The van der Waals surface area contributed by atoms with Crippen molar-refractivity contribution in [1.82, 2.24) is 15.1 Å². The molecule has 0 saturated carbocycles. The van der Waals surface area contributed by atoms with Gasteiger partial charge in [-0.1, -0.05) is 0 Å². The van der Waals surface area contributed by atoms with Crippen LogP contribution in [0.2, 0.25) is 0 Å². The summed E-state index contributed by atoms with van der Waals surface area (Å²) in [4.78, 5) is 16.7. The Morgan fingerprint density at radius 1 is 1.35 bits per heavy atom. The maximum atomic E-state index is 12.1. The van der Waals surface area contributed by atoms with Crippen molar-refractivity contribution in [3.8, 4) is 0 Å². The molecule has 1 amide bonds. The zero-order valence-electron chi connectivity index (χ0n) is 12.7. The molecule has 0 bridgehead atoms. The third kappa shape index (κ3) is 4.08. The van der Waals surface area contributed by atoms with Crippen LogP contribution in [0.3, 0.4) is 0 Å². The van der Waals surface area contributed by atoms with E-state index < -0.39 is 0 Å². The molecule has 1 saturated heterocycles. The quantitative estimate of drug-likeness (QED) is 0.869. The van der Waals surface area contributed by atoms with Gasteiger partial charge >= 0.3 is 0 Å². The van der Waals surface area contributed by atoms with Gasteiger partial charge in [-0.15, -0.1) is 0 Å². The van der Waals surface area contributed by atoms with Gasteiger partial charge in [-0.05, 0) is 33.0 Å². The number of nitrogens with zero attached hydrogens (tertiary/aromatic N) is 2. The average Bonchev–Trinajstić information content (AvgIpc) is 2.84. The van der Waals surface area contributed by atoms with Gasteiger partial charge < -0.3 is 14.6 Å². The maximum Gasteiger partial charge on any atom is 0.237 e. The van der Waals surface area contributed by atoms with Gasteiger partial charge in [0, 0.05) is 39.1 Å². The minimum absolute atomic E-state index is 0.0537. The summed E-state index contributed by atoms with van der Waals surface area (Å²) in [7, 11) is 2.12. The number of amides is 1. The summed E-state index contributed by atoms with van der Waals surface area (Å²) in [6.07, 6.45) is 0.745. The Morgan fingerprint density at radius 2 is 2.05 bits per heavy atom. The number of hydrogen-bond donors (Lipinski definition) is 1. The highest BCUT2D eigenvalue weighted by Gasteiger charge is 2.23. The minimum Gasteiger partial charge on any atom is -0.466 e. The van der Waals surface area contributed by atoms with E-state index in [1.807, 2.05) is 26.0 Å². The fourth-order valence-electron chi connectivity index (χ4n) is 2.45. The van der Waals surface area contributed by atoms with Crippen molar-refractivity contribution in [2.75, 3.05) is 39.8 Å². The van der Waals surface area contributed by atoms with Crippen LogP contribution in [0.1, 0.15) is 18.4 Å². The molecular weight excluding hydrogens is 254 g/mol. The van der Waals surface area contributed by atoms with Crippen molar-refractivity contribution < 1.29 is 9.21 Å². The standard InChI is InChI=1S/C15H25N3O2/c1-12-4-5-14(20-12)6-7-16-15(19)13(2)18-10-8-17(3)9-11-18/h4-5,13H,6-11H2,1-3H3,(H,16,19)/t13-/m0/s1. The molecule has 1 aliphatic heterocycles. The minimum atomic E-state index is -0.0537. The molecule has 1 fully saturated rings. The number of likely N-dealkylation sites (N-methyl/N-ethyl adjacent to an activating group) is 1. The van der Waals surface area contributed by atoms with Crippen molar-refractivity contribution >= 4 is 5.91 Å². The number of nitrogens with one attached hydrogen (secondary N) is 1. The lowest BCUT2D eigenvalue weighted by atomic mass is 10.2. The zero-order chi connectivity index (χ0) is 14.5. The molecule has 1 aromatic rings. The summed E-state index contributed by atoms with van der Waals surface area (Å²) >= 11 is 0. The highest BCUT2D eigenvalue weighted by molar-refractivity contribution is 5.81. The largest absolute Gasteiger partial charge is 0.466 e. The molecule has 1 aliphatic rings. The zero-order valence-corrected chi connectivity index (χ0v) is 12.7. The third-order valence-electron chi connectivity index (χ3n) is 3.93. The average molecular weight is 279 g/mol. The molecule has 0 aliphatic carbocycles. The van der Waals surface area contributed by atoms with Crippen LogP contribution < -0.4 is 5.32 Å². The van der Waals surface area contributed by atoms with Crippen molar-refractivity contribution in [1.29, 1.82) is 0 Å². The number of furan rings is 1. The lowest BCUT2D eigenvalue weighted by Crippen LogP contribution is -2.53. The van der Waals surface area contributed by atoms with Crippen LogP contribution in [-0.4, -0.2) is 61.5 Å². The first kappa shape index (κ1) is 15.1. The normalized spacial score (nSPS) is 18.9. The molecule has 0 aromatic carbocycles. The number of rotatable bonds is 5. The Hall–Kier alpha value is -1.33. The molecule has 1 atom stereocenters. The van der Waals surface area contributed by atoms with Crippen LogP contribution in [0.25, 0.3) is 0 Å². The molecule has 5 heteroatoms. The van der Waals surface area contributed by atoms with Gasteiger partial charge in [0.1, 0.15) is 11.5 Å². The first-order valence-corrected chi connectivity index (χ1v) is 7.32. The summed E-state index contributed by atoms with van der Waals surface area (Å²) in [6, 6.07) is 3.86. The summed E-state index contributed by atoms with van der Waals surface area (Å²) in [5.74, 6) is 1.95. The van der Waals surface area contributed by atoms with E-state index in [0.29, 0.717) is 6.54 Å². The van der Waals surface area contributed by atoms with Crippen LogP contribution in [0.15, 0.2) is 16.5 Å². The van der Waals surface area contributed by atoms with Gasteiger partial charge in [-0.2, -0.15) is 0 Å². The van der Waals surface area contributed by atoms with Crippen LogP contribution in [0.5, 0.6) is 0 Å². The molecule has 0 radical (unpaired) electrons. The van der Waals surface area contributed by atoms with Crippen molar-refractivity contribution in [2.45, 2.75) is 26.3 Å². The Balaban J connectivity index is 1.71. The summed E-state index contributed by atoms with van der Waals surface area (Å²) in [6.45, 7) is 8.52. The Morgan fingerprint density at radius 3 is 2.65 bits per heavy atom. The SMILES string of the molecule is Cc1ccc(CCNC(=O)[C@H](C)N2CCN(C)CC2)o1. The van der Waals surface area contributed by atoms with E-state index >= 15 is 0 Å². The van der Waals surface area contributed by atoms with Gasteiger partial charge in [-0.3, -0.25) is 9.69 Å². The van der Waals surface area contributed by atoms with Gasteiger partial charge in [0.15, 0.2) is 0 Å². The first-order valence-electron chi connectivity index (χ1n) is 7.32. The predicted molar refractivity (Wildman–Crippen MR) is 78.7 cm³/mol. The number of piperazine rings is 1. The van der Waals surface area contributed by atoms with Gasteiger partial charge in [0.2, 0.25) is 5.91 Å². The second-order valence-corrected chi connectivity index (χ2v) is 5.57. The highest BCUT2D eigenvalue weighted by atomic mass is 16.3. The molecule has 1 N–H and O–H groups in total. The molecule has 20 heavy (non-hydrogen) atoms. The van der Waals surface area contributed by atoms with Crippen molar-refractivity contribution in [3.05, 3.63) is 23.7 Å². The van der Waals surface area contributed by atoms with E-state index in [1.165, 1.54) is 0 Å². The molecule has 2 rings (SSSR count). The number of aryl methyl sites for hydroxylation is 1. The van der Waals surface area contributed by atoms with E-state index in [-0.39, 0.29) is 11.9 Å². The lowest BCUT2D eigenvalue weighted by Gasteiger charge is -2.35. The lowest BCUT2D eigenvalue weighted by molar-refractivity contribution is -0.126. The monoisotopic (exact) mass is 279 g/mol. The van der Waals surface area contributed by atoms with E-state index in [4.69, 9.17) is 4.42 Å². The number of hydrogen-bond acceptors (Lipinski definition) is 4. The van der Waals surface area contributed by atoms with Crippen LogP contribution in [0.4, 0.5) is 0 Å². The van der Waals surface area contributed by atoms with Crippen molar-refractivity contribution in [3.63, 3.8) is 0 Å². The molecule has 1 aromatic heterocycles. The van der Waals surface area contributed by atoms with Crippen LogP contribution in [0, 0.1) is 6.92 Å². The number of carbonyl (C=O) groups is 1. The van der Waals surface area contributed by atoms with Crippen LogP contribution in [-0.2, 0) is 11.2 Å². The fraction of sp³-hybridized carbons (Fsp3) is 0.667. The van der Waals surface area contributed by atoms with Crippen LogP contribution >= 0.6 is 0 Å². The third-order valence-corrected chi connectivity index (χ3v) is 3.93. The highest BCUT2D eigenvalue weighted by Crippen LogP contribution is 2.07. The van der Waals surface area contributed by atoms with E-state index in [2.05, 4.69) is 22.2 Å². The topological polar surface area (TPSA) is 48.7 Å². The van der Waals surface area contributed by atoms with E-state index in [1.54, 1.807) is 0 Å². The first-order chi connectivity index (χ1) is 9.56. The van der Waals surface area contributed by atoms with Gasteiger partial charge in [-0.25, -0.2) is 0 Å². The Labute approximate surface area is 120 Å². The molecule has 2 heterocycles. The van der Waals surface area contributed by atoms with Gasteiger partial charge in [0.05, 0.1) is 6.04 Å². The summed E-state index contributed by atoms with van der Waals surface area (Å²) in [5, 5.41) is 2.99. The summed E-state index contributed by atoms with van der Waals surface area (Å²) < 4.78 is 5.49.